The van der Waals surface area contributed by atoms with E-state index >= 15 is 0 Å². The first-order valence-electron chi connectivity index (χ1n) is 7.31. The van der Waals surface area contributed by atoms with Gasteiger partial charge in [0.25, 0.3) is 0 Å². The summed E-state index contributed by atoms with van der Waals surface area (Å²) in [4.78, 5) is 14.7. The first-order chi connectivity index (χ1) is 10.1. The Morgan fingerprint density at radius 2 is 1.86 bits per heavy atom. The minimum atomic E-state index is -0.0706. The molecule has 5 atom stereocenters. The summed E-state index contributed by atoms with van der Waals surface area (Å²) in [5.74, 6) is 0.0257. The third kappa shape index (κ3) is 3.05. The Morgan fingerprint density at radius 3 is 2.43 bits per heavy atom. The van der Waals surface area contributed by atoms with E-state index in [0.717, 1.165) is 24.9 Å². The minimum Gasteiger partial charge on any atom is -0.379 e. The summed E-state index contributed by atoms with van der Waals surface area (Å²) in [6, 6.07) is 9.72. The van der Waals surface area contributed by atoms with Crippen molar-refractivity contribution < 1.29 is 9.53 Å². The summed E-state index contributed by atoms with van der Waals surface area (Å²) in [6.07, 6.45) is 2.26. The number of nitrogens with zero attached hydrogens (tertiary/aromatic N) is 1. The van der Waals surface area contributed by atoms with Crippen molar-refractivity contribution in [2.24, 2.45) is 5.92 Å². The second kappa shape index (κ2) is 6.15. The molecule has 0 saturated heterocycles. The van der Waals surface area contributed by atoms with Crippen LogP contribution in [-0.2, 0) is 9.53 Å². The molecule has 3 rings (SSSR count). The number of carbonyl (C=O) groups excluding carboxylic acids is 1. The molecule has 2 aliphatic rings. The number of ether oxygens (including phenoxy) is 1. The van der Waals surface area contributed by atoms with Gasteiger partial charge in [-0.1, -0.05) is 18.2 Å². The number of carbonyl (C=O) groups is 1. The van der Waals surface area contributed by atoms with E-state index in [0.29, 0.717) is 0 Å². The molecular formula is C16H19Cl2NO2. The largest absolute Gasteiger partial charge is 0.379 e. The molecule has 0 heterocycles. The lowest BCUT2D eigenvalue weighted by atomic mass is 10.1. The number of rotatable bonds is 4. The molecule has 2 aliphatic carbocycles. The molecule has 0 aliphatic heterocycles. The number of methoxy groups -OCH3 is 1. The summed E-state index contributed by atoms with van der Waals surface area (Å²) in [5, 5.41) is 0.0165. The Balaban J connectivity index is 1.90. The van der Waals surface area contributed by atoms with Crippen molar-refractivity contribution >= 4 is 34.8 Å². The fourth-order valence-corrected chi connectivity index (χ4v) is 3.77. The zero-order chi connectivity index (χ0) is 15.0. The van der Waals surface area contributed by atoms with E-state index in [1.807, 2.05) is 35.2 Å². The molecule has 1 aromatic rings. The maximum Gasteiger partial charge on any atom is 0.231 e. The van der Waals surface area contributed by atoms with E-state index in [9.17, 15) is 4.79 Å². The zero-order valence-electron chi connectivity index (χ0n) is 11.9. The van der Waals surface area contributed by atoms with Gasteiger partial charge in [-0.05, 0) is 31.4 Å². The molecule has 114 valence electrons. The normalized spacial score (nSPS) is 34.7. The average molecular weight is 328 g/mol. The van der Waals surface area contributed by atoms with Gasteiger partial charge in [-0.15, -0.1) is 23.2 Å². The Labute approximate surface area is 135 Å². The van der Waals surface area contributed by atoms with Gasteiger partial charge in [-0.3, -0.25) is 4.79 Å². The number of hydrogen-bond donors (Lipinski definition) is 0. The Hall–Kier alpha value is -0.770. The molecule has 2 fully saturated rings. The van der Waals surface area contributed by atoms with Crippen LogP contribution in [0.3, 0.4) is 0 Å². The van der Waals surface area contributed by atoms with E-state index in [1.165, 1.54) is 0 Å². The van der Waals surface area contributed by atoms with Crippen molar-refractivity contribution in [2.45, 2.75) is 42.2 Å². The highest BCUT2D eigenvalue weighted by molar-refractivity contribution is 6.25. The first-order valence-corrected chi connectivity index (χ1v) is 8.18. The van der Waals surface area contributed by atoms with Crippen LogP contribution in [0.15, 0.2) is 30.3 Å². The van der Waals surface area contributed by atoms with E-state index in [2.05, 4.69) is 0 Å². The highest BCUT2D eigenvalue weighted by Gasteiger charge is 2.48. The standard InChI is InChI=1S/C16H19Cl2NO2/c1-21-15-8-10(17)7-14(15)19(11-5-3-2-4-6-11)16(20)12-9-13(12)18/h2-6,10,12-15H,7-9H2,1H3/t10?,12-,13-,14?,15?/m0/s1. The molecule has 0 radical (unpaired) electrons. The second-order valence-corrected chi connectivity index (χ2v) is 6.99. The molecule has 0 aromatic heterocycles. The van der Waals surface area contributed by atoms with Gasteiger partial charge < -0.3 is 9.64 Å². The van der Waals surface area contributed by atoms with Crippen molar-refractivity contribution in [3.05, 3.63) is 30.3 Å². The van der Waals surface area contributed by atoms with Crippen LogP contribution in [0.2, 0.25) is 0 Å². The number of para-hydroxylation sites is 1. The Bertz CT molecular complexity index is 510. The van der Waals surface area contributed by atoms with Gasteiger partial charge in [-0.2, -0.15) is 0 Å². The van der Waals surface area contributed by atoms with Gasteiger partial charge in [-0.25, -0.2) is 0 Å². The molecule has 2 saturated carbocycles. The number of alkyl halides is 2. The van der Waals surface area contributed by atoms with E-state index in [-0.39, 0.29) is 34.7 Å². The maximum atomic E-state index is 12.8. The minimum absolute atomic E-state index is 0.0168. The Kier molecular flexibility index (Phi) is 4.43. The number of anilines is 1. The summed E-state index contributed by atoms with van der Waals surface area (Å²) in [6.45, 7) is 0. The summed E-state index contributed by atoms with van der Waals surface area (Å²) in [7, 11) is 1.68. The van der Waals surface area contributed by atoms with Crippen LogP contribution in [0.25, 0.3) is 0 Å². The number of benzene rings is 1. The summed E-state index contributed by atoms with van der Waals surface area (Å²) < 4.78 is 5.56. The van der Waals surface area contributed by atoms with Crippen LogP contribution in [-0.4, -0.2) is 35.9 Å². The molecular weight excluding hydrogens is 309 g/mol. The molecule has 1 amide bonds. The van der Waals surface area contributed by atoms with Crippen LogP contribution in [0.5, 0.6) is 0 Å². The van der Waals surface area contributed by atoms with Crippen LogP contribution in [0.1, 0.15) is 19.3 Å². The molecule has 0 spiro atoms. The summed E-state index contributed by atoms with van der Waals surface area (Å²) in [5.41, 5.74) is 0.899. The SMILES string of the molecule is COC1CC(Cl)CC1N(C(=O)[C@H]1C[C@@H]1Cl)c1ccccc1. The quantitative estimate of drug-likeness (QED) is 0.793. The first kappa shape index (κ1) is 15.1. The van der Waals surface area contributed by atoms with Crippen LogP contribution in [0.4, 0.5) is 5.69 Å². The van der Waals surface area contributed by atoms with Gasteiger partial charge in [0.15, 0.2) is 0 Å². The van der Waals surface area contributed by atoms with E-state index in [1.54, 1.807) is 7.11 Å². The molecule has 1 aromatic carbocycles. The predicted octanol–water partition coefficient (Wildman–Crippen LogP) is 3.43. The second-order valence-electron chi connectivity index (χ2n) is 5.81. The third-order valence-corrected chi connectivity index (χ3v) is 5.19. The lowest BCUT2D eigenvalue weighted by Crippen LogP contribution is -2.46. The highest BCUT2D eigenvalue weighted by atomic mass is 35.5. The van der Waals surface area contributed by atoms with Gasteiger partial charge in [0.05, 0.1) is 18.1 Å². The topological polar surface area (TPSA) is 29.5 Å². The highest BCUT2D eigenvalue weighted by Crippen LogP contribution is 2.41. The lowest BCUT2D eigenvalue weighted by molar-refractivity contribution is -0.120. The van der Waals surface area contributed by atoms with Crippen LogP contribution >= 0.6 is 23.2 Å². The average Bonchev–Trinajstić information content (AvgIpc) is 3.10. The lowest BCUT2D eigenvalue weighted by Gasteiger charge is -2.32. The predicted molar refractivity (Wildman–Crippen MR) is 85.1 cm³/mol. The number of hydrogen-bond acceptors (Lipinski definition) is 2. The maximum absolute atomic E-state index is 12.8. The zero-order valence-corrected chi connectivity index (χ0v) is 13.4. The van der Waals surface area contributed by atoms with Gasteiger partial charge >= 0.3 is 0 Å². The van der Waals surface area contributed by atoms with Crippen molar-refractivity contribution in [1.82, 2.24) is 0 Å². The number of halogens is 2. The number of amides is 1. The third-order valence-electron chi connectivity index (χ3n) is 4.35. The monoisotopic (exact) mass is 327 g/mol. The molecule has 0 N–H and O–H groups in total. The van der Waals surface area contributed by atoms with Gasteiger partial charge in [0.1, 0.15) is 0 Å². The Morgan fingerprint density at radius 1 is 1.19 bits per heavy atom. The molecule has 3 nitrogen and oxygen atoms in total. The van der Waals surface area contributed by atoms with Gasteiger partial charge in [0, 0.05) is 23.6 Å². The van der Waals surface area contributed by atoms with Crippen molar-refractivity contribution in [3.63, 3.8) is 0 Å². The molecule has 21 heavy (non-hydrogen) atoms. The van der Waals surface area contributed by atoms with Gasteiger partial charge in [0.2, 0.25) is 5.91 Å². The van der Waals surface area contributed by atoms with Crippen molar-refractivity contribution in [3.8, 4) is 0 Å². The van der Waals surface area contributed by atoms with Crippen LogP contribution in [0, 0.1) is 5.92 Å². The van der Waals surface area contributed by atoms with E-state index < -0.39 is 0 Å². The fraction of sp³-hybridized carbons (Fsp3) is 0.562. The van der Waals surface area contributed by atoms with Crippen molar-refractivity contribution in [1.29, 1.82) is 0 Å². The molecule has 0 bridgehead atoms. The van der Waals surface area contributed by atoms with Crippen molar-refractivity contribution in [2.75, 3.05) is 12.0 Å². The molecule has 3 unspecified atom stereocenters. The molecule has 5 heteroatoms. The van der Waals surface area contributed by atoms with E-state index in [4.69, 9.17) is 27.9 Å². The summed E-state index contributed by atoms with van der Waals surface area (Å²) >= 11 is 12.4. The van der Waals surface area contributed by atoms with Crippen LogP contribution < -0.4 is 4.90 Å². The smallest absolute Gasteiger partial charge is 0.231 e. The fourth-order valence-electron chi connectivity index (χ4n) is 3.11.